The van der Waals surface area contributed by atoms with E-state index in [1.165, 1.54) is 0 Å². The first-order valence-corrected chi connectivity index (χ1v) is 9.98. The number of rotatable bonds is 5. The number of nitrogens with zero attached hydrogens (tertiary/aromatic N) is 5. The lowest BCUT2D eigenvalue weighted by Crippen LogP contribution is -2.31. The fourth-order valence-electron chi connectivity index (χ4n) is 3.54. The van der Waals surface area contributed by atoms with Crippen molar-refractivity contribution in [3.05, 3.63) is 64.8 Å². The molecule has 1 fully saturated rings. The molecule has 1 saturated heterocycles. The van der Waals surface area contributed by atoms with Crippen LogP contribution in [-0.4, -0.2) is 37.6 Å². The maximum atomic E-state index is 4.90. The summed E-state index contributed by atoms with van der Waals surface area (Å²) in [7, 11) is 0. The van der Waals surface area contributed by atoms with E-state index in [1.807, 2.05) is 16.8 Å². The predicted octanol–water partition coefficient (Wildman–Crippen LogP) is 4.21. The first-order chi connectivity index (χ1) is 13.1. The SMILES string of the molecule is C=C(C)N1CCC(c2cc(NCc3cccnc3)n3ncc(Br)c3n2)CC1. The molecule has 0 bridgehead atoms. The third kappa shape index (κ3) is 3.83. The number of anilines is 1. The Balaban J connectivity index is 1.60. The molecule has 140 valence electrons. The van der Waals surface area contributed by atoms with E-state index in [9.17, 15) is 0 Å². The number of fused-ring (bicyclic) bond motifs is 1. The second-order valence-electron chi connectivity index (χ2n) is 7.01. The molecule has 0 unspecified atom stereocenters. The molecule has 0 radical (unpaired) electrons. The number of hydrogen-bond acceptors (Lipinski definition) is 5. The molecule has 7 heteroatoms. The molecule has 3 aromatic rings. The quantitative estimate of drug-likeness (QED) is 0.661. The Hall–Kier alpha value is -2.41. The van der Waals surface area contributed by atoms with Crippen molar-refractivity contribution in [2.24, 2.45) is 0 Å². The summed E-state index contributed by atoms with van der Waals surface area (Å²) in [5.41, 5.74) is 4.25. The average Bonchev–Trinajstić information content (AvgIpc) is 3.08. The zero-order valence-electron chi connectivity index (χ0n) is 15.4. The topological polar surface area (TPSA) is 58.4 Å². The van der Waals surface area contributed by atoms with Crippen LogP contribution in [0.4, 0.5) is 5.82 Å². The minimum atomic E-state index is 0.450. The van der Waals surface area contributed by atoms with Crippen LogP contribution < -0.4 is 5.32 Å². The monoisotopic (exact) mass is 426 g/mol. The van der Waals surface area contributed by atoms with E-state index in [2.05, 4.69) is 61.9 Å². The highest BCUT2D eigenvalue weighted by molar-refractivity contribution is 9.10. The lowest BCUT2D eigenvalue weighted by atomic mass is 9.93. The lowest BCUT2D eigenvalue weighted by molar-refractivity contribution is 0.262. The first-order valence-electron chi connectivity index (χ1n) is 9.19. The van der Waals surface area contributed by atoms with Crippen molar-refractivity contribution in [1.82, 2.24) is 24.5 Å². The molecule has 6 nitrogen and oxygen atoms in total. The highest BCUT2D eigenvalue weighted by atomic mass is 79.9. The summed E-state index contributed by atoms with van der Waals surface area (Å²) in [5.74, 6) is 1.40. The molecule has 1 N–H and O–H groups in total. The van der Waals surface area contributed by atoms with E-state index < -0.39 is 0 Å². The van der Waals surface area contributed by atoms with Crippen molar-refractivity contribution in [3.8, 4) is 0 Å². The van der Waals surface area contributed by atoms with Crippen LogP contribution in [0.1, 0.15) is 36.9 Å². The molecule has 0 aromatic carbocycles. The summed E-state index contributed by atoms with van der Waals surface area (Å²) in [6.07, 6.45) is 7.63. The number of likely N-dealkylation sites (tertiary alicyclic amines) is 1. The van der Waals surface area contributed by atoms with Gasteiger partial charge in [-0.15, -0.1) is 0 Å². The first kappa shape index (κ1) is 18.0. The number of halogens is 1. The van der Waals surface area contributed by atoms with Gasteiger partial charge in [0, 0.05) is 55.4 Å². The number of pyridine rings is 1. The summed E-state index contributed by atoms with van der Waals surface area (Å²) in [5, 5.41) is 7.96. The maximum absolute atomic E-state index is 4.90. The Labute approximate surface area is 167 Å². The van der Waals surface area contributed by atoms with Gasteiger partial charge in [-0.2, -0.15) is 9.61 Å². The second-order valence-corrected chi connectivity index (χ2v) is 7.86. The van der Waals surface area contributed by atoms with E-state index in [1.54, 1.807) is 12.4 Å². The Morgan fingerprint density at radius 2 is 2.15 bits per heavy atom. The van der Waals surface area contributed by atoms with Crippen LogP contribution in [0.15, 0.2) is 53.5 Å². The van der Waals surface area contributed by atoms with Gasteiger partial charge in [-0.05, 0) is 47.3 Å². The number of allylic oxidation sites excluding steroid dienone is 1. The molecule has 0 atom stereocenters. The molecule has 3 aromatic heterocycles. The standard InChI is InChI=1S/C20H23BrN6/c1-14(2)26-8-5-16(6-9-26)18-10-19(23-12-15-4-3-7-22-11-15)27-20(25-18)17(21)13-24-27/h3-4,7,10-11,13,16,23H,1,5-6,8-9,12H2,2H3. The smallest absolute Gasteiger partial charge is 0.171 e. The summed E-state index contributed by atoms with van der Waals surface area (Å²) in [6.45, 7) is 8.90. The number of nitrogens with one attached hydrogen (secondary N) is 1. The summed E-state index contributed by atoms with van der Waals surface area (Å²) in [4.78, 5) is 11.4. The highest BCUT2D eigenvalue weighted by Crippen LogP contribution is 2.31. The van der Waals surface area contributed by atoms with Gasteiger partial charge in [0.15, 0.2) is 5.65 Å². The summed E-state index contributed by atoms with van der Waals surface area (Å²) < 4.78 is 2.76. The summed E-state index contributed by atoms with van der Waals surface area (Å²) in [6, 6.07) is 6.15. The van der Waals surface area contributed by atoms with Crippen molar-refractivity contribution in [2.45, 2.75) is 32.2 Å². The molecular weight excluding hydrogens is 404 g/mol. The molecule has 0 saturated carbocycles. The largest absolute Gasteiger partial charge is 0.375 e. The molecule has 0 spiro atoms. The third-order valence-electron chi connectivity index (χ3n) is 5.10. The van der Waals surface area contributed by atoms with Gasteiger partial charge in [-0.3, -0.25) is 4.98 Å². The molecule has 1 aliphatic heterocycles. The zero-order valence-corrected chi connectivity index (χ0v) is 17.0. The van der Waals surface area contributed by atoms with Crippen LogP contribution in [0, 0.1) is 0 Å². The Bertz CT molecular complexity index is 944. The van der Waals surface area contributed by atoms with Crippen molar-refractivity contribution < 1.29 is 0 Å². The molecular formula is C20H23BrN6. The van der Waals surface area contributed by atoms with Crippen LogP contribution in [0.5, 0.6) is 0 Å². The maximum Gasteiger partial charge on any atom is 0.171 e. The van der Waals surface area contributed by atoms with Gasteiger partial charge >= 0.3 is 0 Å². The molecule has 4 rings (SSSR count). The molecule has 0 aliphatic carbocycles. The normalized spacial score (nSPS) is 15.3. The van der Waals surface area contributed by atoms with Crippen molar-refractivity contribution in [2.75, 3.05) is 18.4 Å². The number of aromatic nitrogens is 4. The van der Waals surface area contributed by atoms with Crippen LogP contribution in [-0.2, 0) is 6.54 Å². The van der Waals surface area contributed by atoms with E-state index in [4.69, 9.17) is 4.98 Å². The van der Waals surface area contributed by atoms with Crippen LogP contribution in [0.3, 0.4) is 0 Å². The van der Waals surface area contributed by atoms with Gasteiger partial charge in [0.1, 0.15) is 5.82 Å². The Kier molecular flexibility index (Phi) is 5.11. The minimum absolute atomic E-state index is 0.450. The van der Waals surface area contributed by atoms with Crippen LogP contribution in [0.2, 0.25) is 0 Å². The van der Waals surface area contributed by atoms with Gasteiger partial charge in [0.25, 0.3) is 0 Å². The molecule has 27 heavy (non-hydrogen) atoms. The minimum Gasteiger partial charge on any atom is -0.375 e. The van der Waals surface area contributed by atoms with E-state index in [-0.39, 0.29) is 0 Å². The average molecular weight is 427 g/mol. The van der Waals surface area contributed by atoms with Crippen molar-refractivity contribution in [1.29, 1.82) is 0 Å². The molecule has 1 aliphatic rings. The fraction of sp³-hybridized carbons (Fsp3) is 0.350. The lowest BCUT2D eigenvalue weighted by Gasteiger charge is -2.33. The van der Waals surface area contributed by atoms with Gasteiger partial charge in [0.2, 0.25) is 0 Å². The second kappa shape index (κ2) is 7.68. The third-order valence-corrected chi connectivity index (χ3v) is 5.66. The van der Waals surface area contributed by atoms with Gasteiger partial charge < -0.3 is 10.2 Å². The van der Waals surface area contributed by atoms with Gasteiger partial charge in [-0.25, -0.2) is 4.98 Å². The van der Waals surface area contributed by atoms with Crippen LogP contribution in [0.25, 0.3) is 5.65 Å². The van der Waals surface area contributed by atoms with Gasteiger partial charge in [0.05, 0.1) is 10.7 Å². The molecule has 4 heterocycles. The fourth-order valence-corrected chi connectivity index (χ4v) is 3.89. The number of piperidine rings is 1. The predicted molar refractivity (Wildman–Crippen MR) is 111 cm³/mol. The van der Waals surface area contributed by atoms with E-state index in [0.717, 1.165) is 58.8 Å². The highest BCUT2D eigenvalue weighted by Gasteiger charge is 2.23. The van der Waals surface area contributed by atoms with Crippen molar-refractivity contribution in [3.63, 3.8) is 0 Å². The zero-order chi connectivity index (χ0) is 18.8. The van der Waals surface area contributed by atoms with Crippen molar-refractivity contribution >= 4 is 27.4 Å². The van der Waals surface area contributed by atoms with E-state index >= 15 is 0 Å². The van der Waals surface area contributed by atoms with E-state index in [0.29, 0.717) is 12.5 Å². The van der Waals surface area contributed by atoms with Gasteiger partial charge in [-0.1, -0.05) is 12.6 Å². The Morgan fingerprint density at radius 3 is 2.85 bits per heavy atom. The Morgan fingerprint density at radius 1 is 1.33 bits per heavy atom. The van der Waals surface area contributed by atoms with Crippen LogP contribution >= 0.6 is 15.9 Å². The summed E-state index contributed by atoms with van der Waals surface area (Å²) >= 11 is 3.58. The molecule has 0 amide bonds. The number of hydrogen-bond donors (Lipinski definition) is 1.